The zero-order chi connectivity index (χ0) is 22.1. The Morgan fingerprint density at radius 1 is 1.13 bits per heavy atom. The summed E-state index contributed by atoms with van der Waals surface area (Å²) in [6.07, 6.45) is 2.87. The van der Waals surface area contributed by atoms with Crippen molar-refractivity contribution in [3.63, 3.8) is 0 Å². The lowest BCUT2D eigenvalue weighted by molar-refractivity contribution is 0.167. The molecule has 8 nitrogen and oxygen atoms in total. The number of fused-ring (bicyclic) bond motifs is 1. The Morgan fingerprint density at radius 3 is 2.42 bits per heavy atom. The van der Waals surface area contributed by atoms with Gasteiger partial charge in [0, 0.05) is 23.7 Å². The Bertz CT molecular complexity index is 1140. The molecule has 1 aromatic carbocycles. The third-order valence-corrected chi connectivity index (χ3v) is 6.80. The summed E-state index contributed by atoms with van der Waals surface area (Å²) in [7, 11) is -3.97. The molecule has 2 heterocycles. The molecule has 12 heteroatoms. The van der Waals surface area contributed by atoms with Gasteiger partial charge in [0.05, 0.1) is 23.2 Å². The van der Waals surface area contributed by atoms with Crippen LogP contribution in [0.15, 0.2) is 35.6 Å². The second-order valence-electron chi connectivity index (χ2n) is 7.43. The van der Waals surface area contributed by atoms with Gasteiger partial charge in [0.25, 0.3) is 10.0 Å². The number of halogens is 3. The lowest BCUT2D eigenvalue weighted by Crippen LogP contribution is -2.39. The van der Waals surface area contributed by atoms with E-state index in [0.717, 1.165) is 6.54 Å². The standard InChI is InChI=1S/C19H24Cl2N6O2S.ClH/c1-12(2)26(13(3)4)7-8-27-19-15(10-24-27)18(22-11-23-19)25-30(28,29)17-6-5-14(20)9-16(17)21;/h5-6,9-13H,7-8H2,1-4H3,(H,22,23,25);1H. The first-order chi connectivity index (χ1) is 14.1. The highest BCUT2D eigenvalue weighted by atomic mass is 35.5. The average Bonchev–Trinajstić information content (AvgIpc) is 3.05. The average molecular weight is 508 g/mol. The van der Waals surface area contributed by atoms with Crippen molar-refractivity contribution in [2.45, 2.75) is 51.2 Å². The topological polar surface area (TPSA) is 93.0 Å². The van der Waals surface area contributed by atoms with E-state index < -0.39 is 10.0 Å². The molecule has 0 spiro atoms. The Morgan fingerprint density at radius 2 is 1.81 bits per heavy atom. The van der Waals surface area contributed by atoms with Crippen molar-refractivity contribution in [2.24, 2.45) is 0 Å². The van der Waals surface area contributed by atoms with Crippen LogP contribution in [0.25, 0.3) is 11.0 Å². The van der Waals surface area contributed by atoms with E-state index in [1.165, 1.54) is 24.5 Å². The van der Waals surface area contributed by atoms with E-state index in [1.54, 1.807) is 10.9 Å². The van der Waals surface area contributed by atoms with Crippen LogP contribution in [0.5, 0.6) is 0 Å². The van der Waals surface area contributed by atoms with Crippen LogP contribution in [0.3, 0.4) is 0 Å². The largest absolute Gasteiger partial charge is 0.297 e. The molecule has 0 aliphatic heterocycles. The van der Waals surface area contributed by atoms with Crippen molar-refractivity contribution in [3.8, 4) is 0 Å². The lowest BCUT2D eigenvalue weighted by atomic mass is 10.2. The molecule has 0 aliphatic rings. The maximum absolute atomic E-state index is 12.8. The van der Waals surface area contributed by atoms with Crippen LogP contribution in [0.1, 0.15) is 27.7 Å². The van der Waals surface area contributed by atoms with Crippen molar-refractivity contribution >= 4 is 62.5 Å². The summed E-state index contributed by atoms with van der Waals surface area (Å²) in [4.78, 5) is 10.7. The summed E-state index contributed by atoms with van der Waals surface area (Å²) < 4.78 is 29.9. The van der Waals surface area contributed by atoms with Crippen LogP contribution in [0.2, 0.25) is 10.0 Å². The van der Waals surface area contributed by atoms with Gasteiger partial charge in [-0.05, 0) is 45.9 Å². The highest BCUT2D eigenvalue weighted by Gasteiger charge is 2.21. The molecule has 0 radical (unpaired) electrons. The number of anilines is 1. The van der Waals surface area contributed by atoms with E-state index in [1.807, 2.05) is 0 Å². The second kappa shape index (κ2) is 10.3. The van der Waals surface area contributed by atoms with Crippen LogP contribution < -0.4 is 4.72 Å². The molecule has 0 unspecified atom stereocenters. The first-order valence-corrected chi connectivity index (χ1v) is 11.7. The SMILES string of the molecule is CC(C)N(CCn1ncc2c(NS(=O)(=O)c3ccc(Cl)cc3Cl)ncnc21)C(C)C.Cl. The fourth-order valence-corrected chi connectivity index (χ4v) is 5.14. The number of hydrogen-bond donors (Lipinski definition) is 1. The van der Waals surface area contributed by atoms with Crippen LogP contribution >= 0.6 is 35.6 Å². The van der Waals surface area contributed by atoms with E-state index in [9.17, 15) is 8.42 Å². The predicted molar refractivity (Wildman–Crippen MR) is 127 cm³/mol. The quantitative estimate of drug-likeness (QED) is 0.483. The van der Waals surface area contributed by atoms with Gasteiger partial charge >= 0.3 is 0 Å². The third kappa shape index (κ3) is 5.78. The molecular formula is C19H25Cl3N6O2S. The zero-order valence-corrected chi connectivity index (χ0v) is 20.7. The monoisotopic (exact) mass is 506 g/mol. The number of nitrogens with one attached hydrogen (secondary N) is 1. The molecule has 31 heavy (non-hydrogen) atoms. The molecule has 0 saturated heterocycles. The van der Waals surface area contributed by atoms with E-state index in [4.69, 9.17) is 23.2 Å². The van der Waals surface area contributed by atoms with Crippen LogP contribution in [-0.4, -0.2) is 51.7 Å². The Kier molecular flexibility index (Phi) is 8.52. The number of nitrogens with zero attached hydrogens (tertiary/aromatic N) is 5. The molecule has 0 fully saturated rings. The molecule has 0 amide bonds. The van der Waals surface area contributed by atoms with Crippen molar-refractivity contribution < 1.29 is 8.42 Å². The van der Waals surface area contributed by atoms with Gasteiger partial charge in [-0.15, -0.1) is 12.4 Å². The van der Waals surface area contributed by atoms with E-state index in [0.29, 0.717) is 34.7 Å². The Labute approximate surface area is 198 Å². The number of sulfonamides is 1. The molecule has 2 aromatic heterocycles. The van der Waals surface area contributed by atoms with E-state index in [2.05, 4.69) is 52.4 Å². The van der Waals surface area contributed by atoms with Gasteiger partial charge in [-0.25, -0.2) is 23.1 Å². The van der Waals surface area contributed by atoms with Gasteiger partial charge in [0.1, 0.15) is 11.2 Å². The van der Waals surface area contributed by atoms with Gasteiger partial charge in [-0.1, -0.05) is 23.2 Å². The molecule has 3 rings (SSSR count). The summed E-state index contributed by atoms with van der Waals surface area (Å²) in [6, 6.07) is 4.98. The first kappa shape index (κ1) is 25.6. The zero-order valence-electron chi connectivity index (χ0n) is 17.6. The summed E-state index contributed by atoms with van der Waals surface area (Å²) >= 11 is 11.9. The highest BCUT2D eigenvalue weighted by molar-refractivity contribution is 7.92. The third-order valence-electron chi connectivity index (χ3n) is 4.74. The number of benzene rings is 1. The molecule has 3 aromatic rings. The van der Waals surface area contributed by atoms with Gasteiger partial charge < -0.3 is 0 Å². The number of aromatic nitrogens is 4. The number of hydrogen-bond acceptors (Lipinski definition) is 6. The van der Waals surface area contributed by atoms with E-state index in [-0.39, 0.29) is 28.1 Å². The number of rotatable bonds is 8. The summed E-state index contributed by atoms with van der Waals surface area (Å²) in [5, 5.41) is 5.27. The molecule has 0 aliphatic carbocycles. The molecular weight excluding hydrogens is 483 g/mol. The fraction of sp³-hybridized carbons (Fsp3) is 0.421. The molecule has 0 saturated carbocycles. The summed E-state index contributed by atoms with van der Waals surface area (Å²) in [5.41, 5.74) is 0.553. The van der Waals surface area contributed by atoms with Crippen molar-refractivity contribution in [1.82, 2.24) is 24.6 Å². The van der Waals surface area contributed by atoms with Gasteiger partial charge in [-0.3, -0.25) is 9.62 Å². The minimum absolute atomic E-state index is 0. The highest BCUT2D eigenvalue weighted by Crippen LogP contribution is 2.28. The maximum atomic E-state index is 12.8. The Hall–Kier alpha value is -1.65. The van der Waals surface area contributed by atoms with Crippen molar-refractivity contribution in [1.29, 1.82) is 0 Å². The second-order valence-corrected chi connectivity index (χ2v) is 9.93. The van der Waals surface area contributed by atoms with Crippen LogP contribution in [0.4, 0.5) is 5.82 Å². The van der Waals surface area contributed by atoms with Gasteiger partial charge in [0.15, 0.2) is 11.5 Å². The molecule has 170 valence electrons. The van der Waals surface area contributed by atoms with Gasteiger partial charge in [0.2, 0.25) is 0 Å². The minimum atomic E-state index is -3.97. The minimum Gasteiger partial charge on any atom is -0.297 e. The first-order valence-electron chi connectivity index (χ1n) is 9.50. The summed E-state index contributed by atoms with van der Waals surface area (Å²) in [5.74, 6) is 0.141. The fourth-order valence-electron chi connectivity index (χ4n) is 3.34. The van der Waals surface area contributed by atoms with Crippen LogP contribution in [0, 0.1) is 0 Å². The van der Waals surface area contributed by atoms with Crippen molar-refractivity contribution in [3.05, 3.63) is 40.8 Å². The van der Waals surface area contributed by atoms with Gasteiger partial charge in [-0.2, -0.15) is 5.10 Å². The van der Waals surface area contributed by atoms with Crippen molar-refractivity contribution in [2.75, 3.05) is 11.3 Å². The molecule has 0 bridgehead atoms. The normalized spacial score (nSPS) is 12.0. The van der Waals surface area contributed by atoms with E-state index >= 15 is 0 Å². The summed E-state index contributed by atoms with van der Waals surface area (Å²) in [6.45, 7) is 10.0. The maximum Gasteiger partial charge on any atom is 0.264 e. The lowest BCUT2D eigenvalue weighted by Gasteiger charge is -2.30. The molecule has 0 atom stereocenters. The predicted octanol–water partition coefficient (Wildman–Crippen LogP) is 4.47. The Balaban J connectivity index is 0.00000341. The molecule has 1 N–H and O–H groups in total. The van der Waals surface area contributed by atoms with Crippen LogP contribution in [-0.2, 0) is 16.6 Å². The smallest absolute Gasteiger partial charge is 0.264 e.